The van der Waals surface area contributed by atoms with Crippen molar-refractivity contribution in [2.45, 2.75) is 20.5 Å². The number of fused-ring (bicyclic) bond motifs is 1. The second-order valence-electron chi connectivity index (χ2n) is 7.38. The zero-order chi connectivity index (χ0) is 22.7. The molecule has 0 atom stereocenters. The summed E-state index contributed by atoms with van der Waals surface area (Å²) >= 11 is 5.95. The maximum atomic E-state index is 12.3. The minimum Gasteiger partial charge on any atom is -0.487 e. The molecule has 2 heterocycles. The number of nitrogens with one attached hydrogen (secondary N) is 2. The molecule has 0 aliphatic rings. The molecule has 0 aliphatic heterocycles. The van der Waals surface area contributed by atoms with Crippen molar-refractivity contribution in [1.29, 1.82) is 0 Å². The molecule has 2 amide bonds. The highest BCUT2D eigenvalue weighted by molar-refractivity contribution is 6.30. The molecule has 7 nitrogen and oxygen atoms in total. The summed E-state index contributed by atoms with van der Waals surface area (Å²) in [7, 11) is 0. The first-order valence-electron chi connectivity index (χ1n) is 9.93. The Kier molecular flexibility index (Phi) is 6.09. The van der Waals surface area contributed by atoms with Gasteiger partial charge in [0.2, 0.25) is 0 Å². The summed E-state index contributed by atoms with van der Waals surface area (Å²) in [5.74, 6) is 0.580. The third-order valence-electron chi connectivity index (χ3n) is 4.78. The van der Waals surface area contributed by atoms with Crippen LogP contribution in [0.2, 0.25) is 5.02 Å². The molecular formula is C24H21ClN4O3. The molecular weight excluding hydrogens is 428 g/mol. The second kappa shape index (κ2) is 9.11. The van der Waals surface area contributed by atoms with Gasteiger partial charge >= 0.3 is 6.03 Å². The number of halogens is 1. The number of carbonyl (C=O) groups excluding carboxylic acids is 1. The Bertz CT molecular complexity index is 1370. The van der Waals surface area contributed by atoms with Crippen LogP contribution in [0.15, 0.2) is 71.7 Å². The Morgan fingerprint density at radius 2 is 1.81 bits per heavy atom. The van der Waals surface area contributed by atoms with Crippen molar-refractivity contribution in [2.75, 3.05) is 10.6 Å². The topological polar surface area (TPSA) is 84.7 Å². The number of hydrogen-bond acceptors (Lipinski definition) is 4. The predicted octanol–water partition coefficient (Wildman–Crippen LogP) is 5.19. The maximum Gasteiger partial charge on any atom is 0.323 e. The molecule has 0 saturated carbocycles. The fourth-order valence-corrected chi connectivity index (χ4v) is 3.36. The smallest absolute Gasteiger partial charge is 0.323 e. The Labute approximate surface area is 189 Å². The van der Waals surface area contributed by atoms with Gasteiger partial charge in [0, 0.05) is 34.7 Å². The van der Waals surface area contributed by atoms with Gasteiger partial charge in [0.1, 0.15) is 18.0 Å². The van der Waals surface area contributed by atoms with Crippen molar-refractivity contribution in [3.63, 3.8) is 0 Å². The molecule has 32 heavy (non-hydrogen) atoms. The number of benzene rings is 2. The van der Waals surface area contributed by atoms with Gasteiger partial charge in [-0.25, -0.2) is 9.78 Å². The maximum absolute atomic E-state index is 12.3. The van der Waals surface area contributed by atoms with Crippen molar-refractivity contribution < 1.29 is 9.53 Å². The molecule has 162 valence electrons. The van der Waals surface area contributed by atoms with Crippen molar-refractivity contribution in [1.82, 2.24) is 9.38 Å². The quantitative estimate of drug-likeness (QED) is 0.440. The van der Waals surface area contributed by atoms with E-state index < -0.39 is 6.03 Å². The summed E-state index contributed by atoms with van der Waals surface area (Å²) in [6.07, 6.45) is 1.71. The van der Waals surface area contributed by atoms with Gasteiger partial charge in [0.25, 0.3) is 5.56 Å². The van der Waals surface area contributed by atoms with E-state index in [1.807, 2.05) is 32.0 Å². The molecule has 4 aromatic rings. The van der Waals surface area contributed by atoms with E-state index in [4.69, 9.17) is 16.3 Å². The van der Waals surface area contributed by atoms with E-state index in [0.717, 1.165) is 11.1 Å². The molecule has 4 rings (SSSR count). The van der Waals surface area contributed by atoms with Crippen LogP contribution in [0.4, 0.5) is 16.2 Å². The second-order valence-corrected chi connectivity index (χ2v) is 7.81. The molecule has 2 aromatic carbocycles. The highest BCUT2D eigenvalue weighted by Crippen LogP contribution is 2.24. The third-order valence-corrected chi connectivity index (χ3v) is 5.01. The summed E-state index contributed by atoms with van der Waals surface area (Å²) in [6, 6.07) is 17.0. The van der Waals surface area contributed by atoms with Gasteiger partial charge < -0.3 is 15.4 Å². The number of urea groups is 1. The normalized spacial score (nSPS) is 10.7. The monoisotopic (exact) mass is 448 g/mol. The van der Waals surface area contributed by atoms with E-state index >= 15 is 0 Å². The number of nitrogens with zero attached hydrogens (tertiary/aromatic N) is 2. The summed E-state index contributed by atoms with van der Waals surface area (Å²) < 4.78 is 7.40. The highest BCUT2D eigenvalue weighted by Gasteiger charge is 2.08. The molecule has 8 heteroatoms. The van der Waals surface area contributed by atoms with Gasteiger partial charge in [-0.1, -0.05) is 23.7 Å². The van der Waals surface area contributed by atoms with Crippen molar-refractivity contribution in [3.8, 4) is 5.75 Å². The van der Waals surface area contributed by atoms with Gasteiger partial charge in [-0.3, -0.25) is 9.20 Å². The molecule has 2 aromatic heterocycles. The van der Waals surface area contributed by atoms with Crippen LogP contribution in [0.5, 0.6) is 5.75 Å². The van der Waals surface area contributed by atoms with Crippen molar-refractivity contribution >= 4 is 34.7 Å². The highest BCUT2D eigenvalue weighted by atomic mass is 35.5. The van der Waals surface area contributed by atoms with E-state index in [9.17, 15) is 9.59 Å². The fraction of sp³-hybridized carbons (Fsp3) is 0.125. The fourth-order valence-electron chi connectivity index (χ4n) is 3.17. The number of anilines is 2. The summed E-state index contributed by atoms with van der Waals surface area (Å²) in [6.45, 7) is 3.97. The van der Waals surface area contributed by atoms with Gasteiger partial charge in [0.15, 0.2) is 0 Å². The molecule has 0 spiro atoms. The van der Waals surface area contributed by atoms with Gasteiger partial charge in [-0.15, -0.1) is 0 Å². The largest absolute Gasteiger partial charge is 0.487 e. The lowest BCUT2D eigenvalue weighted by molar-refractivity contribution is 0.262. The average molecular weight is 449 g/mol. The zero-order valence-electron chi connectivity index (χ0n) is 17.6. The molecule has 0 unspecified atom stereocenters. The van der Waals surface area contributed by atoms with Gasteiger partial charge in [-0.05, 0) is 61.4 Å². The van der Waals surface area contributed by atoms with Gasteiger partial charge in [-0.2, -0.15) is 0 Å². The van der Waals surface area contributed by atoms with E-state index in [0.29, 0.717) is 33.5 Å². The SMILES string of the molecule is Cc1ccn2c(=O)cc(COc3cc(NC(=O)Nc4cccc(Cl)c4)ccc3C)nc2c1. The first-order valence-corrected chi connectivity index (χ1v) is 10.3. The number of aromatic nitrogens is 2. The lowest BCUT2D eigenvalue weighted by Crippen LogP contribution is -2.19. The number of hydrogen-bond donors (Lipinski definition) is 2. The first-order chi connectivity index (χ1) is 15.4. The van der Waals surface area contributed by atoms with E-state index in [1.54, 1.807) is 42.6 Å². The van der Waals surface area contributed by atoms with E-state index in [-0.39, 0.29) is 12.2 Å². The lowest BCUT2D eigenvalue weighted by Gasteiger charge is -2.13. The minimum atomic E-state index is -0.401. The lowest BCUT2D eigenvalue weighted by atomic mass is 10.2. The van der Waals surface area contributed by atoms with Crippen LogP contribution in [0.3, 0.4) is 0 Å². The van der Waals surface area contributed by atoms with E-state index in [2.05, 4.69) is 15.6 Å². The number of ether oxygens (including phenoxy) is 1. The Hall–Kier alpha value is -3.84. The number of pyridine rings is 1. The Balaban J connectivity index is 1.46. The molecule has 0 fully saturated rings. The van der Waals surface area contributed by atoms with Crippen LogP contribution in [-0.4, -0.2) is 15.4 Å². The van der Waals surface area contributed by atoms with Crippen molar-refractivity contribution in [3.05, 3.63) is 99.1 Å². The Morgan fingerprint density at radius 1 is 1.03 bits per heavy atom. The number of carbonyl (C=O) groups is 1. The summed E-state index contributed by atoms with van der Waals surface area (Å²) in [5, 5.41) is 6.03. The van der Waals surface area contributed by atoms with Crippen LogP contribution in [-0.2, 0) is 6.61 Å². The standard InChI is InChI=1S/C24H21ClN4O3/c1-15-8-9-29-22(10-15)26-20(13-23(29)30)14-32-21-12-19(7-6-16(21)2)28-24(31)27-18-5-3-4-17(25)11-18/h3-13H,14H2,1-2H3,(H2,27,28,31). The third kappa shape index (κ3) is 5.07. The van der Waals surface area contributed by atoms with Crippen LogP contribution >= 0.6 is 11.6 Å². The van der Waals surface area contributed by atoms with Crippen LogP contribution in [0.1, 0.15) is 16.8 Å². The molecule has 0 radical (unpaired) electrons. The van der Waals surface area contributed by atoms with Gasteiger partial charge in [0.05, 0.1) is 5.69 Å². The number of amides is 2. The Morgan fingerprint density at radius 3 is 2.59 bits per heavy atom. The van der Waals surface area contributed by atoms with Crippen LogP contribution in [0, 0.1) is 13.8 Å². The predicted molar refractivity (Wildman–Crippen MR) is 126 cm³/mol. The average Bonchev–Trinajstić information content (AvgIpc) is 2.73. The minimum absolute atomic E-state index is 0.124. The molecule has 2 N–H and O–H groups in total. The molecule has 0 saturated heterocycles. The molecule has 0 bridgehead atoms. The number of rotatable bonds is 5. The van der Waals surface area contributed by atoms with Crippen LogP contribution in [0.25, 0.3) is 5.65 Å². The molecule has 0 aliphatic carbocycles. The number of aryl methyl sites for hydroxylation is 2. The zero-order valence-corrected chi connectivity index (χ0v) is 18.3. The summed E-state index contributed by atoms with van der Waals surface area (Å²) in [4.78, 5) is 29.2. The van der Waals surface area contributed by atoms with Crippen molar-refractivity contribution in [2.24, 2.45) is 0 Å². The van der Waals surface area contributed by atoms with Crippen LogP contribution < -0.4 is 20.9 Å². The summed E-state index contributed by atoms with van der Waals surface area (Å²) in [5.41, 5.74) is 3.98. The first kappa shape index (κ1) is 21.4. The van der Waals surface area contributed by atoms with E-state index in [1.165, 1.54) is 10.5 Å².